The van der Waals surface area contributed by atoms with Gasteiger partial charge >= 0.3 is 5.97 Å². The maximum atomic E-state index is 11.4. The van der Waals surface area contributed by atoms with E-state index in [-0.39, 0.29) is 17.4 Å². The molecule has 0 fully saturated rings. The van der Waals surface area contributed by atoms with Gasteiger partial charge in [0, 0.05) is 11.5 Å². The molecule has 0 saturated heterocycles. The Morgan fingerprint density at radius 1 is 1.52 bits per heavy atom. The molecule has 0 aliphatic heterocycles. The monoisotopic (exact) mass is 310 g/mol. The molecule has 0 aliphatic rings. The van der Waals surface area contributed by atoms with Crippen molar-refractivity contribution in [2.45, 2.75) is 52.5 Å². The van der Waals surface area contributed by atoms with Crippen LogP contribution in [0.1, 0.15) is 46.7 Å². The Morgan fingerprint density at radius 3 is 2.81 bits per heavy atom. The molecule has 116 valence electrons. The van der Waals surface area contributed by atoms with Crippen LogP contribution in [0.5, 0.6) is 0 Å². The minimum Gasteiger partial charge on any atom is -0.466 e. The third-order valence-corrected chi connectivity index (χ3v) is 3.81. The van der Waals surface area contributed by atoms with E-state index >= 15 is 0 Å². The van der Waals surface area contributed by atoms with Crippen LogP contribution < -0.4 is 5.32 Å². The minimum absolute atomic E-state index is 0.0121. The summed E-state index contributed by atoms with van der Waals surface area (Å²) in [5.74, 6) is -0.200. The van der Waals surface area contributed by atoms with Gasteiger partial charge < -0.3 is 10.1 Å². The molecule has 0 bridgehead atoms. The third kappa shape index (κ3) is 3.93. The number of fused-ring (bicyclic) bond motifs is 1. The molecule has 6 nitrogen and oxygen atoms in total. The SMILES string of the molecule is CCOC(=O)CC(C)Nc1nn2cc(C(C)(C)C)nc2s1. The summed E-state index contributed by atoms with van der Waals surface area (Å²) in [7, 11) is 0. The van der Waals surface area contributed by atoms with Gasteiger partial charge in [-0.1, -0.05) is 32.1 Å². The first-order valence-corrected chi connectivity index (χ1v) is 7.90. The Bertz CT molecular complexity index is 595. The van der Waals surface area contributed by atoms with Gasteiger partial charge in [0.2, 0.25) is 10.1 Å². The van der Waals surface area contributed by atoms with Crippen molar-refractivity contribution in [3.63, 3.8) is 0 Å². The summed E-state index contributed by atoms with van der Waals surface area (Å²) in [4.78, 5) is 16.9. The molecule has 2 aromatic heterocycles. The van der Waals surface area contributed by atoms with E-state index in [9.17, 15) is 4.79 Å². The number of carbonyl (C=O) groups excluding carboxylic acids is 1. The van der Waals surface area contributed by atoms with E-state index in [4.69, 9.17) is 4.74 Å². The number of nitrogens with zero attached hydrogens (tertiary/aromatic N) is 3. The number of carbonyl (C=O) groups is 1. The second kappa shape index (κ2) is 6.01. The maximum Gasteiger partial charge on any atom is 0.307 e. The summed E-state index contributed by atoms with van der Waals surface area (Å²) in [6.07, 6.45) is 2.27. The zero-order chi connectivity index (χ0) is 15.6. The van der Waals surface area contributed by atoms with Crippen molar-refractivity contribution < 1.29 is 9.53 Å². The Kier molecular flexibility index (Phi) is 4.51. The standard InChI is InChI=1S/C14H22N4O2S/c1-6-20-11(19)7-9(2)15-12-17-18-8-10(14(3,4)5)16-13(18)21-12/h8-9H,6-7H2,1-5H3,(H,15,17). The third-order valence-electron chi connectivity index (χ3n) is 2.96. The molecule has 0 aromatic carbocycles. The summed E-state index contributed by atoms with van der Waals surface area (Å²) in [6, 6.07) is -0.0259. The van der Waals surface area contributed by atoms with Crippen molar-refractivity contribution in [1.82, 2.24) is 14.6 Å². The molecule has 7 heteroatoms. The fourth-order valence-electron chi connectivity index (χ4n) is 1.85. The smallest absolute Gasteiger partial charge is 0.307 e. The van der Waals surface area contributed by atoms with Gasteiger partial charge in [-0.2, -0.15) is 0 Å². The average Bonchev–Trinajstić information content (AvgIpc) is 2.85. The number of ether oxygens (including phenoxy) is 1. The van der Waals surface area contributed by atoms with E-state index in [0.29, 0.717) is 13.0 Å². The highest BCUT2D eigenvalue weighted by Gasteiger charge is 2.20. The Morgan fingerprint density at radius 2 is 2.24 bits per heavy atom. The summed E-state index contributed by atoms with van der Waals surface area (Å²) < 4.78 is 6.72. The molecule has 0 spiro atoms. The van der Waals surface area contributed by atoms with Gasteiger partial charge in [-0.25, -0.2) is 9.50 Å². The Labute approximate surface area is 128 Å². The van der Waals surface area contributed by atoms with Gasteiger partial charge in [-0.05, 0) is 13.8 Å². The number of esters is 1. The van der Waals surface area contributed by atoms with E-state index in [0.717, 1.165) is 15.8 Å². The van der Waals surface area contributed by atoms with E-state index in [1.165, 1.54) is 11.3 Å². The van der Waals surface area contributed by atoms with E-state index in [1.54, 1.807) is 11.4 Å². The molecule has 0 radical (unpaired) electrons. The lowest BCUT2D eigenvalue weighted by Crippen LogP contribution is -2.21. The summed E-state index contributed by atoms with van der Waals surface area (Å²) >= 11 is 1.48. The highest BCUT2D eigenvalue weighted by atomic mass is 32.1. The first-order chi connectivity index (χ1) is 9.79. The van der Waals surface area contributed by atoms with Crippen LogP contribution in [0.4, 0.5) is 5.13 Å². The van der Waals surface area contributed by atoms with E-state index in [2.05, 4.69) is 36.2 Å². The Hall–Kier alpha value is -1.63. The quantitative estimate of drug-likeness (QED) is 0.860. The van der Waals surface area contributed by atoms with Gasteiger partial charge in [0.15, 0.2) is 0 Å². The maximum absolute atomic E-state index is 11.4. The number of rotatable bonds is 5. The highest BCUT2D eigenvalue weighted by molar-refractivity contribution is 7.20. The van der Waals surface area contributed by atoms with Gasteiger partial charge in [0.1, 0.15) is 0 Å². The zero-order valence-electron chi connectivity index (χ0n) is 13.1. The zero-order valence-corrected chi connectivity index (χ0v) is 14.0. The van der Waals surface area contributed by atoms with Crippen LogP contribution in [0, 0.1) is 0 Å². The molecular formula is C14H22N4O2S. The molecule has 1 unspecified atom stereocenters. The molecule has 0 aliphatic carbocycles. The Balaban J connectivity index is 2.03. The summed E-state index contributed by atoms with van der Waals surface area (Å²) in [5.41, 5.74) is 1.03. The molecule has 2 rings (SSSR count). The fraction of sp³-hybridized carbons (Fsp3) is 0.643. The minimum atomic E-state index is -0.200. The lowest BCUT2D eigenvalue weighted by atomic mass is 9.93. The molecule has 0 amide bonds. The summed E-state index contributed by atoms with van der Waals surface area (Å²) in [6.45, 7) is 10.5. The van der Waals surface area contributed by atoms with Gasteiger partial charge in [0.05, 0.1) is 24.9 Å². The van der Waals surface area contributed by atoms with Gasteiger partial charge in [-0.15, -0.1) is 5.10 Å². The summed E-state index contributed by atoms with van der Waals surface area (Å²) in [5, 5.41) is 8.42. The van der Waals surface area contributed by atoms with Gasteiger partial charge in [-0.3, -0.25) is 4.79 Å². The highest BCUT2D eigenvalue weighted by Crippen LogP contribution is 2.26. The molecule has 2 heterocycles. The largest absolute Gasteiger partial charge is 0.466 e. The van der Waals surface area contributed by atoms with Crippen molar-refractivity contribution in [3.05, 3.63) is 11.9 Å². The number of anilines is 1. The molecule has 1 N–H and O–H groups in total. The number of hydrogen-bond acceptors (Lipinski definition) is 6. The van der Waals surface area contributed by atoms with Crippen LogP contribution in [0.3, 0.4) is 0 Å². The van der Waals surface area contributed by atoms with Crippen LogP contribution in [-0.2, 0) is 14.9 Å². The van der Waals surface area contributed by atoms with Gasteiger partial charge in [0.25, 0.3) is 0 Å². The number of imidazole rings is 1. The predicted molar refractivity (Wildman–Crippen MR) is 83.9 cm³/mol. The number of aromatic nitrogens is 3. The normalized spacial score (nSPS) is 13.4. The van der Waals surface area contributed by atoms with Crippen LogP contribution in [-0.4, -0.2) is 33.2 Å². The molecule has 0 saturated carbocycles. The van der Waals surface area contributed by atoms with Crippen molar-refractivity contribution in [2.24, 2.45) is 0 Å². The average molecular weight is 310 g/mol. The lowest BCUT2D eigenvalue weighted by molar-refractivity contribution is -0.143. The van der Waals surface area contributed by atoms with Crippen molar-refractivity contribution in [2.75, 3.05) is 11.9 Å². The topological polar surface area (TPSA) is 68.5 Å². The lowest BCUT2D eigenvalue weighted by Gasteiger charge is -2.13. The van der Waals surface area contributed by atoms with Crippen molar-refractivity contribution in [1.29, 1.82) is 0 Å². The second-order valence-electron chi connectivity index (χ2n) is 6.07. The van der Waals surface area contributed by atoms with Crippen LogP contribution in [0.2, 0.25) is 0 Å². The van der Waals surface area contributed by atoms with Crippen LogP contribution in [0.15, 0.2) is 6.20 Å². The van der Waals surface area contributed by atoms with E-state index in [1.807, 2.05) is 13.1 Å². The molecule has 1 atom stereocenters. The number of nitrogens with one attached hydrogen (secondary N) is 1. The van der Waals surface area contributed by atoms with Crippen molar-refractivity contribution >= 4 is 27.4 Å². The van der Waals surface area contributed by atoms with Crippen LogP contribution >= 0.6 is 11.3 Å². The first kappa shape index (κ1) is 15.8. The van der Waals surface area contributed by atoms with Crippen LogP contribution in [0.25, 0.3) is 4.96 Å². The predicted octanol–water partition coefficient (Wildman–Crippen LogP) is 2.84. The second-order valence-corrected chi connectivity index (χ2v) is 7.02. The van der Waals surface area contributed by atoms with E-state index < -0.39 is 0 Å². The number of hydrogen-bond donors (Lipinski definition) is 1. The molecule has 2 aromatic rings. The first-order valence-electron chi connectivity index (χ1n) is 7.08. The van der Waals surface area contributed by atoms with Crippen molar-refractivity contribution in [3.8, 4) is 0 Å². The molecular weight excluding hydrogens is 288 g/mol. The fourth-order valence-corrected chi connectivity index (χ4v) is 2.74. The molecule has 21 heavy (non-hydrogen) atoms.